The molecule has 0 unspecified atom stereocenters. The number of likely N-dealkylation sites (N-methyl/N-ethyl adjacent to an activating group) is 6. The van der Waals surface area contributed by atoms with Crippen molar-refractivity contribution in [1.82, 2.24) is 29.4 Å². The molecule has 0 aliphatic rings. The van der Waals surface area contributed by atoms with Gasteiger partial charge in [-0.3, -0.25) is 0 Å². The van der Waals surface area contributed by atoms with Gasteiger partial charge in [-0.05, 0) is 124 Å². The van der Waals surface area contributed by atoms with E-state index in [1.165, 1.54) is 20.6 Å². The van der Waals surface area contributed by atoms with Crippen LogP contribution in [0.4, 0.5) is 0 Å². The second-order valence-corrected chi connectivity index (χ2v) is 10.1. The standard InChI is InChI=1S/6C4H10NO.4CNS.2Cu.3Ni/c6*1-5(2)3-4-6;4*2-1-3;;;;;/h6*3-4H2,1-2H3;;;;;;;;;/q10*-1;5*+2. The van der Waals surface area contributed by atoms with Crippen molar-refractivity contribution < 1.29 is 114 Å². The van der Waals surface area contributed by atoms with E-state index < -0.39 is 0 Å². The average Bonchev–Trinajstić information content (AvgIpc) is 2.92. The Kier molecular flexibility index (Phi) is 220. The third-order valence-corrected chi connectivity index (χ3v) is 3.23. The van der Waals surface area contributed by atoms with Gasteiger partial charge in [0.25, 0.3) is 0 Å². The van der Waals surface area contributed by atoms with Crippen molar-refractivity contribution in [1.29, 1.82) is 0 Å². The molecule has 0 aliphatic heterocycles. The Hall–Kier alpha value is 1.24. The van der Waals surface area contributed by atoms with Crippen LogP contribution < -0.4 is 30.6 Å². The first-order valence-corrected chi connectivity index (χ1v) is 15.3. The Morgan fingerprint density at radius 3 is 0.377 bits per heavy atom. The van der Waals surface area contributed by atoms with Gasteiger partial charge in [0.2, 0.25) is 0 Å². The van der Waals surface area contributed by atoms with Gasteiger partial charge in [-0.15, -0.1) is 39.6 Å². The largest absolute Gasteiger partial charge is 2.00 e. The minimum absolute atomic E-state index is 0. The van der Waals surface area contributed by atoms with Gasteiger partial charge >= 0.3 is 83.6 Å². The number of thiocarbonyl (C=S) groups is 4. The van der Waals surface area contributed by atoms with Gasteiger partial charge in [0, 0.05) is 0 Å². The van der Waals surface area contributed by atoms with Crippen molar-refractivity contribution in [2.45, 2.75) is 0 Å². The van der Waals surface area contributed by atoms with Gasteiger partial charge in [-0.2, -0.15) is 20.6 Å². The quantitative estimate of drug-likeness (QED) is 0.103. The minimum atomic E-state index is 0. The fraction of sp³-hybridized carbons (Fsp3) is 0.857. The van der Waals surface area contributed by atoms with Crippen LogP contribution in [0.1, 0.15) is 0 Å². The molecule has 25 heteroatoms. The fourth-order valence-electron chi connectivity index (χ4n) is 1.10. The van der Waals surface area contributed by atoms with Crippen LogP contribution in [0.5, 0.6) is 0 Å². The third-order valence-electron chi connectivity index (χ3n) is 3.23. The van der Waals surface area contributed by atoms with Crippen LogP contribution in [-0.2, 0) is 83.6 Å². The van der Waals surface area contributed by atoms with Crippen molar-refractivity contribution in [3.8, 4) is 0 Å². The summed E-state index contributed by atoms with van der Waals surface area (Å²) < 4.78 is 0. The van der Waals surface area contributed by atoms with Gasteiger partial charge in [0.05, 0.1) is 0 Å². The molecule has 0 aliphatic carbocycles. The molecule has 334 valence electrons. The predicted molar refractivity (Wildman–Crippen MR) is 204 cm³/mol. The molecule has 0 bridgehead atoms. The molecule has 0 spiro atoms. The van der Waals surface area contributed by atoms with Gasteiger partial charge in [-0.25, -0.2) is 0 Å². The van der Waals surface area contributed by atoms with E-state index in [2.05, 4.69) is 48.9 Å². The summed E-state index contributed by atoms with van der Waals surface area (Å²) in [7, 11) is 22.6. The summed E-state index contributed by atoms with van der Waals surface area (Å²) in [6, 6.07) is 0. The van der Waals surface area contributed by atoms with Crippen molar-refractivity contribution in [2.75, 3.05) is 163 Å². The summed E-state index contributed by atoms with van der Waals surface area (Å²) in [6.45, 7) is 3.96. The van der Waals surface area contributed by atoms with E-state index in [1.54, 1.807) is 0 Å². The van der Waals surface area contributed by atoms with E-state index in [-0.39, 0.29) is 123 Å². The zero-order valence-electron chi connectivity index (χ0n) is 32.6. The van der Waals surface area contributed by atoms with E-state index in [0.717, 1.165) is 0 Å². The molecule has 0 amide bonds. The van der Waals surface area contributed by atoms with E-state index in [9.17, 15) is 30.6 Å². The van der Waals surface area contributed by atoms with Crippen molar-refractivity contribution in [3.63, 3.8) is 0 Å². The normalized spacial score (nSPS) is 7.40. The molecule has 0 rings (SSSR count). The number of hydrogen-bond acceptors (Lipinski definition) is 16. The Labute approximate surface area is 394 Å². The van der Waals surface area contributed by atoms with Crippen LogP contribution in [0.3, 0.4) is 0 Å². The molecule has 0 fully saturated rings. The summed E-state index contributed by atoms with van der Waals surface area (Å²) in [5.41, 5.74) is 0. The molecule has 53 heavy (non-hydrogen) atoms. The Morgan fingerprint density at radius 2 is 0.377 bits per heavy atom. The maximum Gasteiger partial charge on any atom is 2.00 e. The number of hydrogen-bond donors (Lipinski definition) is 0. The van der Waals surface area contributed by atoms with Crippen LogP contribution in [0, 0.1) is 0 Å². The molecule has 0 saturated carbocycles. The molecular weight excluding hydrogens is 1000 g/mol. The van der Waals surface area contributed by atoms with Crippen LogP contribution >= 0.6 is 48.9 Å². The first-order chi connectivity index (χ1) is 22.3. The monoisotopic (exact) mass is 1060 g/mol. The first-order valence-electron chi connectivity index (χ1n) is 13.7. The molecule has 0 atom stereocenters. The van der Waals surface area contributed by atoms with Gasteiger partial charge in [-0.1, -0.05) is 48.9 Å². The Balaban J connectivity index is -0.0000000233. The third kappa shape index (κ3) is 378. The molecule has 16 nitrogen and oxygen atoms in total. The Morgan fingerprint density at radius 1 is 0.321 bits per heavy atom. The molecule has 0 aromatic carbocycles. The van der Waals surface area contributed by atoms with E-state index in [0.29, 0.717) is 39.3 Å². The molecular formula is C28H60Cu2N10Ni3O6S4. The second kappa shape index (κ2) is 117. The van der Waals surface area contributed by atoms with E-state index in [1.807, 2.05) is 114 Å². The van der Waals surface area contributed by atoms with E-state index >= 15 is 0 Å². The van der Waals surface area contributed by atoms with Gasteiger partial charge in [0.1, 0.15) is 0 Å². The zero-order chi connectivity index (χ0) is 40.8. The molecule has 0 heterocycles. The summed E-state index contributed by atoms with van der Waals surface area (Å²) in [5.74, 6) is 0. The summed E-state index contributed by atoms with van der Waals surface area (Å²) >= 11 is 14.8. The first kappa shape index (κ1) is 99.8. The van der Waals surface area contributed by atoms with Crippen LogP contribution in [0.25, 0.3) is 21.6 Å². The summed E-state index contributed by atoms with van der Waals surface area (Å²) in [4.78, 5) is 11.2. The van der Waals surface area contributed by atoms with Gasteiger partial charge < -0.3 is 81.7 Å². The maximum atomic E-state index is 9.70. The second-order valence-electron chi connectivity index (χ2n) is 9.41. The topological polar surface area (TPSA) is 247 Å². The molecule has 0 aromatic heterocycles. The average molecular weight is 1060 g/mol. The van der Waals surface area contributed by atoms with E-state index in [4.69, 9.17) is 21.6 Å². The summed E-state index contributed by atoms with van der Waals surface area (Å²) in [6.07, 6.45) is 0. The molecule has 2 radical (unpaired) electrons. The van der Waals surface area contributed by atoms with Crippen molar-refractivity contribution in [3.05, 3.63) is 21.6 Å². The predicted octanol–water partition coefficient (Wildman–Crippen LogP) is -3.93. The number of isothiocyanates is 4. The Bertz CT molecular complexity index is 549. The number of rotatable bonds is 12. The fourth-order valence-corrected chi connectivity index (χ4v) is 1.10. The minimum Gasteiger partial charge on any atom is -0.854 e. The maximum absolute atomic E-state index is 9.70. The smallest absolute Gasteiger partial charge is 0.854 e. The number of nitrogens with zero attached hydrogens (tertiary/aromatic N) is 10. The zero-order valence-corrected chi connectivity index (χ0v) is 40.7. The van der Waals surface area contributed by atoms with Crippen LogP contribution in [-0.4, -0.2) is 214 Å². The SMILES string of the molecule is CN(C)CC[O-].CN(C)CC[O-].CN(C)CC[O-].CN(C)CC[O-].CN(C)CC[O-].CN(C)CC[O-].[Cu+2].[Cu+2].[N-]=C=S.[N-]=C=S.[N-]=C=S.[N-]=C=S.[Ni+2].[Ni+2].[Ni+2]. The summed E-state index contributed by atoms with van der Waals surface area (Å²) in [5, 5.41) is 92.1. The van der Waals surface area contributed by atoms with Gasteiger partial charge in [0.15, 0.2) is 0 Å². The van der Waals surface area contributed by atoms with Crippen LogP contribution in [0.15, 0.2) is 0 Å². The van der Waals surface area contributed by atoms with Crippen molar-refractivity contribution >= 4 is 69.5 Å². The van der Waals surface area contributed by atoms with Crippen molar-refractivity contribution in [2.24, 2.45) is 0 Å². The molecule has 0 saturated heterocycles. The molecule has 0 aromatic rings. The molecule has 0 N–H and O–H groups in total. The van der Waals surface area contributed by atoms with Crippen LogP contribution in [0.2, 0.25) is 0 Å².